The fourth-order valence-corrected chi connectivity index (χ4v) is 10.8. The Morgan fingerprint density at radius 3 is 1.94 bits per heavy atom. The van der Waals surface area contributed by atoms with Crippen LogP contribution in [0.2, 0.25) is 0 Å². The minimum Gasteiger partial charge on any atom is -0.511 e. The molecular weight excluding hydrogens is 628 g/mol. The van der Waals surface area contributed by atoms with E-state index in [2.05, 4.69) is 30.3 Å². The second-order valence-corrected chi connectivity index (χ2v) is 16.3. The van der Waals surface area contributed by atoms with Gasteiger partial charge in [-0.3, -0.25) is 14.4 Å². The minimum absolute atomic E-state index is 0.0542. The van der Waals surface area contributed by atoms with Gasteiger partial charge in [-0.1, -0.05) is 64.1 Å². The molecule has 0 spiro atoms. The highest BCUT2D eigenvalue weighted by atomic mass is 16.3. The summed E-state index contributed by atoms with van der Waals surface area (Å²) in [6, 6.07) is 14.6. The average molecular weight is 673 g/mol. The summed E-state index contributed by atoms with van der Waals surface area (Å²) >= 11 is 0. The first-order chi connectivity index (χ1) is 23.6. The van der Waals surface area contributed by atoms with E-state index < -0.39 is 51.0 Å². The average Bonchev–Trinajstić information content (AvgIpc) is 3.71. The predicted molar refractivity (Wildman–Crippen MR) is 190 cm³/mol. The molecule has 4 N–H and O–H groups in total. The lowest BCUT2D eigenvalue weighted by Gasteiger charge is -2.59. The van der Waals surface area contributed by atoms with Crippen LogP contribution in [0, 0.1) is 22.7 Å². The van der Waals surface area contributed by atoms with Crippen LogP contribution in [0.3, 0.4) is 0 Å². The maximum atomic E-state index is 15.0. The van der Waals surface area contributed by atoms with Gasteiger partial charge in [-0.2, -0.15) is 0 Å². The van der Waals surface area contributed by atoms with E-state index in [0.717, 1.165) is 62.1 Å². The molecule has 8 rings (SSSR count). The Morgan fingerprint density at radius 1 is 0.820 bits per heavy atom. The SMILES string of the molecule is CC(=O)C1=C(O)C(C(C)C)[C@@]2(C)C[C@@]3(C)Cc4c(-c5ccc6c(c5)CCC6)cc(-c5ccc6c(c5)CCC6)c(O)c4C(=O)C3=C(O)[C@@]2(O)C1=O. The molecule has 0 aromatic heterocycles. The number of aliphatic hydroxyl groups is 3. The number of rotatable bonds is 4. The van der Waals surface area contributed by atoms with Gasteiger partial charge in [0.05, 0.1) is 5.56 Å². The van der Waals surface area contributed by atoms with Gasteiger partial charge in [-0.15, -0.1) is 0 Å². The molecule has 3 aromatic rings. The molecule has 4 atom stereocenters. The van der Waals surface area contributed by atoms with Crippen molar-refractivity contribution in [1.82, 2.24) is 0 Å². The van der Waals surface area contributed by atoms with Crippen molar-refractivity contribution in [3.8, 4) is 28.0 Å². The molecule has 7 nitrogen and oxygen atoms in total. The van der Waals surface area contributed by atoms with Crippen LogP contribution >= 0.6 is 0 Å². The Labute approximate surface area is 292 Å². The number of phenolic OH excluding ortho intramolecular Hbond substituents is 1. The Hall–Kier alpha value is -4.49. The first-order valence-electron chi connectivity index (χ1n) is 18.0. The number of aryl methyl sites for hydroxylation is 4. The summed E-state index contributed by atoms with van der Waals surface area (Å²) in [5.74, 6) is -5.07. The Kier molecular flexibility index (Phi) is 7.03. The highest BCUT2D eigenvalue weighted by Crippen LogP contribution is 2.65. The van der Waals surface area contributed by atoms with Crippen LogP contribution in [0.4, 0.5) is 0 Å². The molecule has 3 aromatic carbocycles. The molecule has 0 saturated heterocycles. The van der Waals surface area contributed by atoms with Crippen LogP contribution in [0.15, 0.2) is 65.1 Å². The number of fused-ring (bicyclic) bond motifs is 5. The molecule has 0 bridgehead atoms. The molecular formula is C43H44O7. The van der Waals surface area contributed by atoms with Crippen LogP contribution in [-0.2, 0) is 41.7 Å². The number of hydrogen-bond acceptors (Lipinski definition) is 7. The molecule has 0 fully saturated rings. The predicted octanol–water partition coefficient (Wildman–Crippen LogP) is 7.66. The van der Waals surface area contributed by atoms with Crippen LogP contribution in [0.25, 0.3) is 22.3 Å². The van der Waals surface area contributed by atoms with Gasteiger partial charge in [-0.25, -0.2) is 0 Å². The van der Waals surface area contributed by atoms with Gasteiger partial charge < -0.3 is 20.4 Å². The van der Waals surface area contributed by atoms with Crippen LogP contribution in [0.1, 0.15) is 92.1 Å². The van der Waals surface area contributed by atoms with Crippen molar-refractivity contribution >= 4 is 17.3 Å². The van der Waals surface area contributed by atoms with Gasteiger partial charge in [0.25, 0.3) is 0 Å². The van der Waals surface area contributed by atoms with Gasteiger partial charge in [0.2, 0.25) is 5.78 Å². The van der Waals surface area contributed by atoms with Crippen molar-refractivity contribution in [1.29, 1.82) is 0 Å². The second-order valence-electron chi connectivity index (χ2n) is 16.3. The lowest BCUT2D eigenvalue weighted by Crippen LogP contribution is -2.67. The molecule has 5 aliphatic carbocycles. The number of Topliss-reactive ketones (excluding diaryl/α,β-unsaturated/α-hetero) is 3. The van der Waals surface area contributed by atoms with Crippen LogP contribution in [-0.4, -0.2) is 43.4 Å². The van der Waals surface area contributed by atoms with Gasteiger partial charge >= 0.3 is 0 Å². The van der Waals surface area contributed by atoms with E-state index in [4.69, 9.17) is 0 Å². The zero-order chi connectivity index (χ0) is 35.7. The summed E-state index contributed by atoms with van der Waals surface area (Å²) in [5.41, 5.74) is 2.96. The zero-order valence-corrected chi connectivity index (χ0v) is 29.4. The van der Waals surface area contributed by atoms with Crippen molar-refractivity contribution in [2.24, 2.45) is 22.7 Å². The van der Waals surface area contributed by atoms with Crippen molar-refractivity contribution in [3.05, 3.63) is 98.5 Å². The molecule has 0 aliphatic heterocycles. The second kappa shape index (κ2) is 10.8. The lowest BCUT2D eigenvalue weighted by atomic mass is 9.44. The van der Waals surface area contributed by atoms with E-state index in [1.54, 1.807) is 6.92 Å². The van der Waals surface area contributed by atoms with E-state index in [9.17, 15) is 30.0 Å². The summed E-state index contributed by atoms with van der Waals surface area (Å²) in [7, 11) is 0. The van der Waals surface area contributed by atoms with Gasteiger partial charge in [0.15, 0.2) is 17.2 Å². The summed E-state index contributed by atoms with van der Waals surface area (Å²) in [4.78, 5) is 41.9. The number of hydrogen-bond donors (Lipinski definition) is 4. The number of allylic oxidation sites excluding steroid dienone is 2. The first-order valence-corrected chi connectivity index (χ1v) is 18.0. The van der Waals surface area contributed by atoms with E-state index >= 15 is 4.79 Å². The van der Waals surface area contributed by atoms with E-state index in [0.29, 0.717) is 11.1 Å². The molecule has 50 heavy (non-hydrogen) atoms. The van der Waals surface area contributed by atoms with Crippen molar-refractivity contribution in [3.63, 3.8) is 0 Å². The maximum absolute atomic E-state index is 15.0. The highest BCUT2D eigenvalue weighted by molar-refractivity contribution is 6.25. The van der Waals surface area contributed by atoms with Crippen LogP contribution in [0.5, 0.6) is 5.75 Å². The molecule has 5 aliphatic rings. The third-order valence-corrected chi connectivity index (χ3v) is 12.8. The number of carbonyl (C=O) groups is 3. The number of ketones is 3. The largest absolute Gasteiger partial charge is 0.511 e. The van der Waals surface area contributed by atoms with E-state index in [-0.39, 0.29) is 41.4 Å². The molecule has 0 radical (unpaired) electrons. The lowest BCUT2D eigenvalue weighted by molar-refractivity contribution is -0.171. The summed E-state index contributed by atoms with van der Waals surface area (Å²) in [6.07, 6.45) is 6.38. The van der Waals surface area contributed by atoms with Gasteiger partial charge in [0, 0.05) is 27.9 Å². The molecule has 0 amide bonds. The number of aromatic hydroxyl groups is 1. The first kappa shape index (κ1) is 32.7. The van der Waals surface area contributed by atoms with Gasteiger partial charge in [-0.05, 0) is 115 Å². The number of phenols is 1. The van der Waals surface area contributed by atoms with Gasteiger partial charge in [0.1, 0.15) is 22.8 Å². The van der Waals surface area contributed by atoms with E-state index in [1.807, 2.05) is 32.9 Å². The quantitative estimate of drug-likeness (QED) is 0.209. The standard InChI is InChI=1S/C43H44O7/c1-21(2)34-37(46)32(22(3)44)39(48)43(50)40(49)35-38(47)33-31(19-41(35,4)20-42(34,43)5)29(27-14-12-23-8-6-10-25(23)16-27)18-30(36(33)45)28-15-13-24-9-7-11-26(24)17-28/h12-18,21,34,45-46,49-50H,6-11,19-20H2,1-5H3/t34?,41-,42-,43+/m1/s1. The number of benzene rings is 3. The number of carbonyl (C=O) groups excluding carboxylic acids is 3. The Balaban J connectivity index is 1.40. The summed E-state index contributed by atoms with van der Waals surface area (Å²) in [5, 5.41) is 48.3. The summed E-state index contributed by atoms with van der Waals surface area (Å²) in [6.45, 7) is 8.34. The fraction of sp³-hybridized carbons (Fsp3) is 0.419. The number of aliphatic hydroxyl groups excluding tert-OH is 2. The molecule has 1 unspecified atom stereocenters. The van der Waals surface area contributed by atoms with Crippen molar-refractivity contribution in [2.45, 2.75) is 91.6 Å². The molecule has 0 heterocycles. The fourth-order valence-electron chi connectivity index (χ4n) is 10.8. The third kappa shape index (κ3) is 4.16. The van der Waals surface area contributed by atoms with Crippen molar-refractivity contribution < 1.29 is 34.8 Å². The summed E-state index contributed by atoms with van der Waals surface area (Å²) < 4.78 is 0. The normalized spacial score (nSPS) is 28.4. The van der Waals surface area contributed by atoms with Crippen LogP contribution < -0.4 is 0 Å². The molecule has 7 heteroatoms. The maximum Gasteiger partial charge on any atom is 0.209 e. The third-order valence-electron chi connectivity index (χ3n) is 12.8. The monoisotopic (exact) mass is 672 g/mol. The Morgan fingerprint density at radius 2 is 1.38 bits per heavy atom. The Bertz CT molecular complexity index is 2150. The molecule has 258 valence electrons. The zero-order valence-electron chi connectivity index (χ0n) is 29.4. The molecule has 0 saturated carbocycles. The minimum atomic E-state index is -2.65. The smallest absolute Gasteiger partial charge is 0.209 e. The van der Waals surface area contributed by atoms with Crippen molar-refractivity contribution in [2.75, 3.05) is 0 Å². The highest BCUT2D eigenvalue weighted by Gasteiger charge is 2.71. The van der Waals surface area contributed by atoms with E-state index in [1.165, 1.54) is 22.3 Å². The topological polar surface area (TPSA) is 132 Å².